The fraction of sp³-hybridized carbons (Fsp3) is 0.294. The van der Waals surface area contributed by atoms with Gasteiger partial charge in [-0.2, -0.15) is 0 Å². The average molecular weight is 352 g/mol. The van der Waals surface area contributed by atoms with Crippen molar-refractivity contribution < 1.29 is 9.59 Å². The molecule has 1 aromatic rings. The number of rotatable bonds is 7. The Balaban J connectivity index is 0.00000400. The molecule has 0 N–H and O–H groups in total. The zero-order valence-corrected chi connectivity index (χ0v) is 14.4. The summed E-state index contributed by atoms with van der Waals surface area (Å²) >= 11 is 0. The van der Waals surface area contributed by atoms with Crippen LogP contribution in [0.15, 0.2) is 48.1 Å². The van der Waals surface area contributed by atoms with Crippen molar-refractivity contribution in [2.24, 2.45) is 0 Å². The number of ketones is 2. The second-order valence-corrected chi connectivity index (χ2v) is 4.88. The highest BCUT2D eigenvalue weighted by Crippen LogP contribution is 2.06. The third-order valence-electron chi connectivity index (χ3n) is 2.82. The minimum atomic E-state index is -0.188. The van der Waals surface area contributed by atoms with Crippen LogP contribution in [0, 0.1) is 0 Å². The maximum Gasteiger partial charge on any atom is 0.167 e. The Morgan fingerprint density at radius 2 is 1.76 bits per heavy atom. The summed E-state index contributed by atoms with van der Waals surface area (Å²) in [7, 11) is 3.81. The number of hydrogen-bond donors (Lipinski definition) is 0. The fourth-order valence-corrected chi connectivity index (χ4v) is 1.69. The van der Waals surface area contributed by atoms with Crippen LogP contribution in [0.2, 0.25) is 0 Å². The summed E-state index contributed by atoms with van der Waals surface area (Å²) in [4.78, 5) is 25.4. The van der Waals surface area contributed by atoms with E-state index < -0.39 is 0 Å². The Morgan fingerprint density at radius 1 is 1.14 bits per heavy atom. The van der Waals surface area contributed by atoms with Crippen LogP contribution in [0.3, 0.4) is 0 Å². The number of carbonyl (C=O) groups excluding carboxylic acids is 2. The van der Waals surface area contributed by atoms with E-state index in [9.17, 15) is 9.59 Å². The molecule has 0 amide bonds. The van der Waals surface area contributed by atoms with E-state index in [4.69, 9.17) is 0 Å². The first-order valence-electron chi connectivity index (χ1n) is 6.63. The Bertz CT molecular complexity index is 519. The van der Waals surface area contributed by atoms with Crippen molar-refractivity contribution in [3.8, 4) is 0 Å². The molecule has 1 rings (SSSR count). The minimum Gasteiger partial charge on any atom is -0.309 e. The Hall–Kier alpha value is -1.52. The molecule has 0 aliphatic carbocycles. The van der Waals surface area contributed by atoms with E-state index in [-0.39, 0.29) is 34.1 Å². The van der Waals surface area contributed by atoms with Gasteiger partial charge < -0.3 is 4.90 Å². The van der Waals surface area contributed by atoms with Crippen LogP contribution in [0.5, 0.6) is 0 Å². The largest absolute Gasteiger partial charge is 0.309 e. The van der Waals surface area contributed by atoms with Gasteiger partial charge in [-0.25, -0.2) is 0 Å². The molecule has 0 aromatic heterocycles. The van der Waals surface area contributed by atoms with Gasteiger partial charge in [0.05, 0.1) is 5.57 Å². The van der Waals surface area contributed by atoms with Crippen LogP contribution in [0.1, 0.15) is 18.9 Å². The standard InChI is InChI=1S/C17H21NO2.BrH/c1-14(19)16(17(20)12-13-18(2)3)11-7-10-15-8-5-4-6-9-15;/h4-11H,12-13H2,1-3H3;1H/b10-7+,16-11+;. The van der Waals surface area contributed by atoms with Gasteiger partial charge in [0.25, 0.3) is 0 Å². The molecule has 114 valence electrons. The molecular weight excluding hydrogens is 330 g/mol. The molecule has 0 heterocycles. The smallest absolute Gasteiger partial charge is 0.167 e. The Labute approximate surface area is 137 Å². The van der Waals surface area contributed by atoms with E-state index in [0.717, 1.165) is 5.56 Å². The van der Waals surface area contributed by atoms with E-state index in [1.807, 2.05) is 55.4 Å². The number of allylic oxidation sites excluding steroid dienone is 3. The molecule has 21 heavy (non-hydrogen) atoms. The number of halogens is 1. The van der Waals surface area contributed by atoms with E-state index in [2.05, 4.69) is 0 Å². The first-order chi connectivity index (χ1) is 9.50. The summed E-state index contributed by atoms with van der Waals surface area (Å²) < 4.78 is 0. The summed E-state index contributed by atoms with van der Waals surface area (Å²) in [6.07, 6.45) is 5.59. The van der Waals surface area contributed by atoms with Gasteiger partial charge in [-0.15, -0.1) is 17.0 Å². The third kappa shape index (κ3) is 7.73. The first-order valence-corrected chi connectivity index (χ1v) is 6.63. The van der Waals surface area contributed by atoms with Crippen molar-refractivity contribution in [2.45, 2.75) is 13.3 Å². The molecule has 0 saturated heterocycles. The molecule has 0 spiro atoms. The molecule has 0 aliphatic heterocycles. The van der Waals surface area contributed by atoms with Gasteiger partial charge in [0, 0.05) is 13.0 Å². The molecule has 3 nitrogen and oxygen atoms in total. The second-order valence-electron chi connectivity index (χ2n) is 4.88. The number of hydrogen-bond acceptors (Lipinski definition) is 3. The van der Waals surface area contributed by atoms with E-state index in [0.29, 0.717) is 13.0 Å². The molecule has 0 aliphatic rings. The summed E-state index contributed by atoms with van der Waals surface area (Å²) in [6, 6.07) is 9.76. The Morgan fingerprint density at radius 3 is 2.29 bits per heavy atom. The monoisotopic (exact) mass is 351 g/mol. The predicted octanol–water partition coefficient (Wildman–Crippen LogP) is 3.31. The summed E-state index contributed by atoms with van der Waals surface area (Å²) in [5.41, 5.74) is 1.30. The van der Waals surface area contributed by atoms with Gasteiger partial charge in [-0.1, -0.05) is 42.5 Å². The van der Waals surface area contributed by atoms with Crippen molar-refractivity contribution in [2.75, 3.05) is 20.6 Å². The average Bonchev–Trinajstić information content (AvgIpc) is 2.41. The molecular formula is C17H22BrNO2. The third-order valence-corrected chi connectivity index (χ3v) is 2.82. The number of benzene rings is 1. The van der Waals surface area contributed by atoms with Crippen LogP contribution >= 0.6 is 17.0 Å². The summed E-state index contributed by atoms with van der Waals surface area (Å²) in [5, 5.41) is 0. The zero-order valence-electron chi connectivity index (χ0n) is 12.7. The minimum absolute atomic E-state index is 0. The molecule has 0 bridgehead atoms. The molecule has 4 heteroatoms. The van der Waals surface area contributed by atoms with E-state index in [1.165, 1.54) is 6.92 Å². The number of Topliss-reactive ketones (excluding diaryl/α,β-unsaturated/α-hetero) is 2. The second kappa shape index (κ2) is 10.2. The lowest BCUT2D eigenvalue weighted by molar-refractivity contribution is -0.120. The van der Waals surface area contributed by atoms with Crippen molar-refractivity contribution in [3.63, 3.8) is 0 Å². The molecule has 0 unspecified atom stereocenters. The van der Waals surface area contributed by atoms with Crippen LogP contribution in [-0.2, 0) is 9.59 Å². The molecule has 0 atom stereocenters. The van der Waals surface area contributed by atoms with Gasteiger partial charge in [-0.05, 0) is 32.7 Å². The maximum absolute atomic E-state index is 12.0. The first kappa shape index (κ1) is 19.5. The van der Waals surface area contributed by atoms with Crippen LogP contribution in [0.25, 0.3) is 6.08 Å². The number of carbonyl (C=O) groups is 2. The molecule has 0 saturated carbocycles. The van der Waals surface area contributed by atoms with Gasteiger partial charge in [0.2, 0.25) is 0 Å². The molecule has 1 aromatic carbocycles. The quantitative estimate of drug-likeness (QED) is 0.327. The van der Waals surface area contributed by atoms with Gasteiger partial charge >= 0.3 is 0 Å². The maximum atomic E-state index is 12.0. The lowest BCUT2D eigenvalue weighted by Gasteiger charge is -2.08. The predicted molar refractivity (Wildman–Crippen MR) is 92.7 cm³/mol. The van der Waals surface area contributed by atoms with Crippen LogP contribution in [-0.4, -0.2) is 37.1 Å². The SMILES string of the molecule is Br.CC(=O)/C(=C\C=C\c1ccccc1)C(=O)CCN(C)C. The highest BCUT2D eigenvalue weighted by Gasteiger charge is 2.13. The van der Waals surface area contributed by atoms with Gasteiger partial charge in [0.1, 0.15) is 0 Å². The highest BCUT2D eigenvalue weighted by atomic mass is 79.9. The van der Waals surface area contributed by atoms with Crippen molar-refractivity contribution in [1.29, 1.82) is 0 Å². The van der Waals surface area contributed by atoms with Crippen molar-refractivity contribution >= 4 is 34.6 Å². The topological polar surface area (TPSA) is 37.4 Å². The lowest BCUT2D eigenvalue weighted by Crippen LogP contribution is -2.19. The van der Waals surface area contributed by atoms with E-state index in [1.54, 1.807) is 12.2 Å². The summed E-state index contributed by atoms with van der Waals surface area (Å²) in [5.74, 6) is -0.296. The zero-order chi connectivity index (χ0) is 15.0. The van der Waals surface area contributed by atoms with Crippen molar-refractivity contribution in [3.05, 3.63) is 53.6 Å². The number of nitrogens with zero attached hydrogens (tertiary/aromatic N) is 1. The lowest BCUT2D eigenvalue weighted by atomic mass is 10.0. The van der Waals surface area contributed by atoms with Crippen molar-refractivity contribution in [1.82, 2.24) is 4.90 Å². The normalized spacial score (nSPS) is 11.5. The molecule has 0 fully saturated rings. The van der Waals surface area contributed by atoms with Gasteiger partial charge in [0.15, 0.2) is 11.6 Å². The molecule has 0 radical (unpaired) electrons. The van der Waals surface area contributed by atoms with Crippen LogP contribution < -0.4 is 0 Å². The van der Waals surface area contributed by atoms with Crippen LogP contribution in [0.4, 0.5) is 0 Å². The van der Waals surface area contributed by atoms with Gasteiger partial charge in [-0.3, -0.25) is 9.59 Å². The highest BCUT2D eigenvalue weighted by molar-refractivity contribution is 8.93. The summed E-state index contributed by atoms with van der Waals surface area (Å²) in [6.45, 7) is 2.07. The Kier molecular flexibility index (Phi) is 9.50. The van der Waals surface area contributed by atoms with E-state index >= 15 is 0 Å². The fourth-order valence-electron chi connectivity index (χ4n) is 1.69.